The van der Waals surface area contributed by atoms with E-state index in [0.29, 0.717) is 11.5 Å². The highest BCUT2D eigenvalue weighted by molar-refractivity contribution is 7.09. The zero-order valence-electron chi connectivity index (χ0n) is 9.92. The molecule has 0 fully saturated rings. The first-order chi connectivity index (χ1) is 8.66. The summed E-state index contributed by atoms with van der Waals surface area (Å²) in [5.74, 6) is 0.676. The third kappa shape index (κ3) is 3.04. The van der Waals surface area contributed by atoms with E-state index in [1.807, 2.05) is 11.4 Å². The van der Waals surface area contributed by atoms with Crippen LogP contribution in [0.5, 0.6) is 0 Å². The first-order valence-electron chi connectivity index (χ1n) is 5.55. The Labute approximate surface area is 109 Å². The number of thiophene rings is 1. The zero-order valence-corrected chi connectivity index (χ0v) is 10.7. The smallest absolute Gasteiger partial charge is 0.290 e. The van der Waals surface area contributed by atoms with Gasteiger partial charge in [-0.25, -0.2) is 4.98 Å². The fourth-order valence-corrected chi connectivity index (χ4v) is 2.32. The topological polar surface area (TPSA) is 68.1 Å². The van der Waals surface area contributed by atoms with Gasteiger partial charge in [-0.1, -0.05) is 6.07 Å². The lowest BCUT2D eigenvalue weighted by Gasteiger charge is -2.05. The van der Waals surface area contributed by atoms with E-state index < -0.39 is 4.92 Å². The molecule has 5 nitrogen and oxygen atoms in total. The van der Waals surface area contributed by atoms with Gasteiger partial charge in [0.05, 0.1) is 4.92 Å². The van der Waals surface area contributed by atoms with Gasteiger partial charge in [-0.05, 0) is 30.9 Å². The monoisotopic (exact) mass is 263 g/mol. The SMILES string of the molecule is Cc1nc(NCCc2cccs2)ccc1[N+](=O)[O-]. The van der Waals surface area contributed by atoms with Crippen LogP contribution in [0.1, 0.15) is 10.6 Å². The van der Waals surface area contributed by atoms with Crippen LogP contribution in [0.25, 0.3) is 0 Å². The van der Waals surface area contributed by atoms with Crippen LogP contribution in [-0.2, 0) is 6.42 Å². The van der Waals surface area contributed by atoms with Crippen molar-refractivity contribution in [3.63, 3.8) is 0 Å². The molecule has 0 aliphatic heterocycles. The summed E-state index contributed by atoms with van der Waals surface area (Å²) in [6.07, 6.45) is 0.926. The molecule has 0 bridgehead atoms. The Hall–Kier alpha value is -1.95. The van der Waals surface area contributed by atoms with Gasteiger partial charge in [0, 0.05) is 17.5 Å². The second-order valence-electron chi connectivity index (χ2n) is 3.81. The van der Waals surface area contributed by atoms with Gasteiger partial charge in [0.25, 0.3) is 5.69 Å². The minimum absolute atomic E-state index is 0.0545. The molecule has 6 heteroatoms. The number of rotatable bonds is 5. The van der Waals surface area contributed by atoms with Gasteiger partial charge < -0.3 is 5.32 Å². The van der Waals surface area contributed by atoms with E-state index in [4.69, 9.17) is 0 Å². The summed E-state index contributed by atoms with van der Waals surface area (Å²) in [4.78, 5) is 15.7. The van der Waals surface area contributed by atoms with Gasteiger partial charge in [-0.3, -0.25) is 10.1 Å². The quantitative estimate of drug-likeness (QED) is 0.665. The largest absolute Gasteiger partial charge is 0.370 e. The standard InChI is InChI=1S/C12H13N3O2S/c1-9-11(15(16)17)4-5-12(14-9)13-7-6-10-3-2-8-18-10/h2-5,8H,6-7H2,1H3,(H,13,14). The summed E-state index contributed by atoms with van der Waals surface area (Å²) in [6.45, 7) is 2.41. The number of pyridine rings is 1. The number of nitro groups is 1. The van der Waals surface area contributed by atoms with Gasteiger partial charge in [0.1, 0.15) is 11.5 Å². The Balaban J connectivity index is 1.94. The molecule has 18 heavy (non-hydrogen) atoms. The van der Waals surface area contributed by atoms with Crippen molar-refractivity contribution in [2.75, 3.05) is 11.9 Å². The van der Waals surface area contributed by atoms with Gasteiger partial charge in [-0.2, -0.15) is 0 Å². The molecular formula is C12H13N3O2S. The van der Waals surface area contributed by atoms with E-state index in [1.165, 1.54) is 10.9 Å². The Morgan fingerprint density at radius 2 is 2.28 bits per heavy atom. The van der Waals surface area contributed by atoms with Crippen LogP contribution < -0.4 is 5.32 Å². The second-order valence-corrected chi connectivity index (χ2v) is 4.85. The van der Waals surface area contributed by atoms with Crippen molar-refractivity contribution < 1.29 is 4.92 Å². The van der Waals surface area contributed by atoms with Crippen LogP contribution in [0, 0.1) is 17.0 Å². The first-order valence-corrected chi connectivity index (χ1v) is 6.43. The van der Waals surface area contributed by atoms with E-state index in [9.17, 15) is 10.1 Å². The molecule has 2 aromatic rings. The number of aryl methyl sites for hydroxylation is 1. The molecule has 0 unspecified atom stereocenters. The van der Waals surface area contributed by atoms with E-state index in [-0.39, 0.29) is 5.69 Å². The fraction of sp³-hybridized carbons (Fsp3) is 0.250. The van der Waals surface area contributed by atoms with Gasteiger partial charge in [0.2, 0.25) is 0 Å². The maximum Gasteiger partial charge on any atom is 0.290 e. The van der Waals surface area contributed by atoms with E-state index >= 15 is 0 Å². The summed E-state index contributed by atoms with van der Waals surface area (Å²) in [6, 6.07) is 7.23. The highest BCUT2D eigenvalue weighted by Gasteiger charge is 2.11. The van der Waals surface area contributed by atoms with E-state index in [2.05, 4.69) is 16.4 Å². The molecule has 0 aliphatic rings. The lowest BCUT2D eigenvalue weighted by molar-refractivity contribution is -0.385. The Bertz CT molecular complexity index is 540. The normalized spacial score (nSPS) is 10.3. The Morgan fingerprint density at radius 1 is 1.44 bits per heavy atom. The van der Waals surface area contributed by atoms with Gasteiger partial charge >= 0.3 is 0 Å². The molecule has 2 rings (SSSR count). The zero-order chi connectivity index (χ0) is 13.0. The molecule has 0 aromatic carbocycles. The molecule has 94 valence electrons. The highest BCUT2D eigenvalue weighted by Crippen LogP contribution is 2.18. The number of hydrogen-bond donors (Lipinski definition) is 1. The Kier molecular flexibility index (Phi) is 3.88. The summed E-state index contributed by atoms with van der Waals surface area (Å²) >= 11 is 1.72. The molecule has 0 radical (unpaired) electrons. The predicted molar refractivity (Wildman–Crippen MR) is 72.1 cm³/mol. The van der Waals surface area contributed by atoms with Crippen LogP contribution in [0.4, 0.5) is 11.5 Å². The number of nitrogens with zero attached hydrogens (tertiary/aromatic N) is 2. The number of nitrogens with one attached hydrogen (secondary N) is 1. The average Bonchev–Trinajstić information content (AvgIpc) is 2.81. The van der Waals surface area contributed by atoms with Crippen molar-refractivity contribution in [2.24, 2.45) is 0 Å². The van der Waals surface area contributed by atoms with Crippen molar-refractivity contribution >= 4 is 22.8 Å². The summed E-state index contributed by atoms with van der Waals surface area (Å²) < 4.78 is 0. The number of anilines is 1. The lowest BCUT2D eigenvalue weighted by Crippen LogP contribution is -2.06. The predicted octanol–water partition coefficient (Wildman–Crippen LogP) is 3.01. The second kappa shape index (κ2) is 5.59. The summed E-state index contributed by atoms with van der Waals surface area (Å²) in [7, 11) is 0. The minimum atomic E-state index is -0.419. The van der Waals surface area contributed by atoms with Crippen LogP contribution in [0.15, 0.2) is 29.6 Å². The third-order valence-electron chi connectivity index (χ3n) is 2.51. The van der Waals surface area contributed by atoms with Gasteiger partial charge in [-0.15, -0.1) is 11.3 Å². The maximum atomic E-state index is 10.6. The molecule has 0 aliphatic carbocycles. The minimum Gasteiger partial charge on any atom is -0.370 e. The van der Waals surface area contributed by atoms with Gasteiger partial charge in [0.15, 0.2) is 0 Å². The van der Waals surface area contributed by atoms with Crippen molar-refractivity contribution in [1.29, 1.82) is 0 Å². The molecule has 2 heterocycles. The van der Waals surface area contributed by atoms with Crippen LogP contribution in [-0.4, -0.2) is 16.5 Å². The Morgan fingerprint density at radius 3 is 2.89 bits per heavy atom. The lowest BCUT2D eigenvalue weighted by atomic mass is 10.3. The molecule has 0 saturated heterocycles. The molecule has 0 saturated carbocycles. The van der Waals surface area contributed by atoms with Crippen LogP contribution in [0.3, 0.4) is 0 Å². The molecule has 2 aromatic heterocycles. The summed E-state index contributed by atoms with van der Waals surface area (Å²) in [5, 5.41) is 15.9. The first kappa shape index (κ1) is 12.5. The van der Waals surface area contributed by atoms with Crippen LogP contribution >= 0.6 is 11.3 Å². The fourth-order valence-electron chi connectivity index (χ4n) is 1.61. The number of aromatic nitrogens is 1. The van der Waals surface area contributed by atoms with E-state index in [0.717, 1.165) is 13.0 Å². The van der Waals surface area contributed by atoms with Crippen molar-refractivity contribution in [3.05, 3.63) is 50.3 Å². The average molecular weight is 263 g/mol. The molecular weight excluding hydrogens is 250 g/mol. The van der Waals surface area contributed by atoms with Crippen molar-refractivity contribution in [1.82, 2.24) is 4.98 Å². The highest BCUT2D eigenvalue weighted by atomic mass is 32.1. The molecule has 0 atom stereocenters. The molecule has 0 amide bonds. The van der Waals surface area contributed by atoms with Crippen LogP contribution in [0.2, 0.25) is 0 Å². The third-order valence-corrected chi connectivity index (χ3v) is 3.45. The van der Waals surface area contributed by atoms with Crippen molar-refractivity contribution in [2.45, 2.75) is 13.3 Å². The molecule has 1 N–H and O–H groups in total. The maximum absolute atomic E-state index is 10.6. The number of hydrogen-bond acceptors (Lipinski definition) is 5. The summed E-state index contributed by atoms with van der Waals surface area (Å²) in [5.41, 5.74) is 0.486. The molecule has 0 spiro atoms. The van der Waals surface area contributed by atoms with Crippen molar-refractivity contribution in [3.8, 4) is 0 Å². The van der Waals surface area contributed by atoms with E-state index in [1.54, 1.807) is 24.3 Å².